The Balaban J connectivity index is 0. The van der Waals surface area contributed by atoms with E-state index in [-0.39, 0.29) is 29.5 Å². The molecule has 0 heterocycles. The minimum absolute atomic E-state index is 0. The van der Waals surface area contributed by atoms with E-state index in [0.717, 1.165) is 0 Å². The van der Waals surface area contributed by atoms with Crippen LogP contribution in [0.1, 0.15) is 20.8 Å². The topological polar surface area (TPSA) is 28.5 Å². The number of halogens is 1. The second-order valence-electron chi connectivity index (χ2n) is 3.12. The van der Waals surface area contributed by atoms with Crippen molar-refractivity contribution in [3.05, 3.63) is 0 Å². The average molecular weight is 259 g/mol. The molecule has 0 fully saturated rings. The van der Waals surface area contributed by atoms with Crippen molar-refractivity contribution in [2.45, 2.75) is 26.3 Å². The SMILES string of the molecule is CN[NH+](NC)C(C)(C)C.[I-]. The molecule has 0 atom stereocenters. The van der Waals surface area contributed by atoms with Gasteiger partial charge in [0.05, 0.1) is 0 Å². The van der Waals surface area contributed by atoms with Gasteiger partial charge in [-0.25, -0.2) is 0 Å². The molecule has 0 aromatic carbocycles. The highest BCUT2D eigenvalue weighted by Crippen LogP contribution is 1.88. The van der Waals surface area contributed by atoms with Crippen molar-refractivity contribution in [1.82, 2.24) is 10.9 Å². The highest BCUT2D eigenvalue weighted by atomic mass is 127. The van der Waals surface area contributed by atoms with Crippen molar-refractivity contribution in [3.8, 4) is 0 Å². The normalized spacial score (nSPS) is 11.4. The third-order valence-electron chi connectivity index (χ3n) is 1.25. The van der Waals surface area contributed by atoms with Crippen molar-refractivity contribution in [2.75, 3.05) is 14.1 Å². The van der Waals surface area contributed by atoms with Crippen LogP contribution in [0.25, 0.3) is 0 Å². The molecule has 0 aromatic rings. The lowest BCUT2D eigenvalue weighted by Crippen LogP contribution is -3.29. The zero-order valence-electron chi connectivity index (χ0n) is 7.38. The zero-order valence-corrected chi connectivity index (χ0v) is 9.54. The van der Waals surface area contributed by atoms with Crippen LogP contribution in [-0.4, -0.2) is 19.6 Å². The molecule has 0 aliphatic heterocycles. The van der Waals surface area contributed by atoms with Crippen molar-refractivity contribution in [3.63, 3.8) is 0 Å². The summed E-state index contributed by atoms with van der Waals surface area (Å²) in [4.78, 5) is 0. The predicted octanol–water partition coefficient (Wildman–Crippen LogP) is -4.06. The average Bonchev–Trinajstić information content (AvgIpc) is 1.65. The molecule has 0 saturated carbocycles. The predicted molar refractivity (Wildman–Crippen MR) is 38.8 cm³/mol. The van der Waals surface area contributed by atoms with Crippen LogP contribution in [0.15, 0.2) is 0 Å². The van der Waals surface area contributed by atoms with Gasteiger partial charge in [0.15, 0.2) is 0 Å². The standard InChI is InChI=1S/C6H17N3.HI/c1-6(2,3)9(7-4)8-5;/h7-8H,1-5H3;1H. The first-order valence-corrected chi connectivity index (χ1v) is 3.25. The van der Waals surface area contributed by atoms with E-state index < -0.39 is 0 Å². The van der Waals surface area contributed by atoms with Crippen LogP contribution in [0.3, 0.4) is 0 Å². The van der Waals surface area contributed by atoms with Crippen LogP contribution in [0.5, 0.6) is 0 Å². The first-order valence-electron chi connectivity index (χ1n) is 3.25. The van der Waals surface area contributed by atoms with E-state index >= 15 is 0 Å². The van der Waals surface area contributed by atoms with Crippen molar-refractivity contribution in [1.29, 1.82) is 0 Å². The quantitative estimate of drug-likeness (QED) is 0.348. The number of hydrogen-bond donors (Lipinski definition) is 3. The molecule has 0 unspecified atom stereocenters. The van der Waals surface area contributed by atoms with Crippen molar-refractivity contribution >= 4 is 0 Å². The van der Waals surface area contributed by atoms with Crippen LogP contribution in [0.4, 0.5) is 0 Å². The molecule has 0 aromatic heterocycles. The summed E-state index contributed by atoms with van der Waals surface area (Å²) < 4.78 is 0. The highest BCUT2D eigenvalue weighted by Gasteiger charge is 2.22. The molecule has 0 radical (unpaired) electrons. The van der Waals surface area contributed by atoms with Gasteiger partial charge in [-0.15, -0.1) is 0 Å². The summed E-state index contributed by atoms with van der Waals surface area (Å²) in [5.41, 5.74) is 6.41. The lowest BCUT2D eigenvalue weighted by Gasteiger charge is -2.28. The molecule has 0 bridgehead atoms. The Labute approximate surface area is 80.5 Å². The summed E-state index contributed by atoms with van der Waals surface area (Å²) in [6.45, 7) is 6.49. The van der Waals surface area contributed by atoms with Crippen LogP contribution in [-0.2, 0) is 0 Å². The summed E-state index contributed by atoms with van der Waals surface area (Å²) in [7, 11) is 3.86. The maximum absolute atomic E-state index is 3.10. The monoisotopic (exact) mass is 259 g/mol. The second-order valence-corrected chi connectivity index (χ2v) is 3.12. The third kappa shape index (κ3) is 4.43. The van der Waals surface area contributed by atoms with Crippen LogP contribution in [0.2, 0.25) is 0 Å². The molecular formula is C6H18IN3. The summed E-state index contributed by atoms with van der Waals surface area (Å²) in [5, 5.41) is 1.17. The summed E-state index contributed by atoms with van der Waals surface area (Å²) in [6, 6.07) is 0. The summed E-state index contributed by atoms with van der Waals surface area (Å²) >= 11 is 0. The fraction of sp³-hybridized carbons (Fsp3) is 1.00. The van der Waals surface area contributed by atoms with Gasteiger partial charge in [-0.1, -0.05) is 0 Å². The van der Waals surface area contributed by atoms with Crippen molar-refractivity contribution in [2.24, 2.45) is 0 Å². The van der Waals surface area contributed by atoms with E-state index in [4.69, 9.17) is 0 Å². The Kier molecular flexibility index (Phi) is 6.99. The smallest absolute Gasteiger partial charge is 0.125 e. The first kappa shape index (κ1) is 13.2. The third-order valence-corrected chi connectivity index (χ3v) is 1.25. The van der Waals surface area contributed by atoms with Gasteiger partial charge in [-0.05, 0) is 20.8 Å². The molecule has 0 aliphatic rings. The molecule has 0 amide bonds. The van der Waals surface area contributed by atoms with Crippen molar-refractivity contribution < 1.29 is 29.1 Å². The molecule has 0 aliphatic carbocycles. The Morgan fingerprint density at radius 3 is 1.30 bits per heavy atom. The molecule has 0 saturated heterocycles. The van der Waals surface area contributed by atoms with E-state index in [1.807, 2.05) is 14.1 Å². The van der Waals surface area contributed by atoms with Gasteiger partial charge in [-0.3, -0.25) is 0 Å². The molecule has 3 nitrogen and oxygen atoms in total. The molecule has 0 rings (SSSR count). The van der Waals surface area contributed by atoms with Gasteiger partial charge in [0.25, 0.3) is 0 Å². The fourth-order valence-corrected chi connectivity index (χ4v) is 0.875. The van der Waals surface area contributed by atoms with Crippen LogP contribution in [0, 0.1) is 0 Å². The lowest BCUT2D eigenvalue weighted by molar-refractivity contribution is -1.02. The number of hydrogen-bond acceptors (Lipinski definition) is 2. The highest BCUT2D eigenvalue weighted by molar-refractivity contribution is 4.52. The Bertz CT molecular complexity index is 75.6. The van der Waals surface area contributed by atoms with Gasteiger partial charge in [0, 0.05) is 14.1 Å². The first-order chi connectivity index (χ1) is 4.02. The number of quaternary nitrogens is 1. The molecule has 0 spiro atoms. The van der Waals surface area contributed by atoms with E-state index in [2.05, 4.69) is 31.6 Å². The molecular weight excluding hydrogens is 241 g/mol. The van der Waals surface area contributed by atoms with Crippen LogP contribution < -0.4 is 39.9 Å². The maximum atomic E-state index is 3.10. The lowest BCUT2D eigenvalue weighted by atomic mass is 10.1. The number of rotatable bonds is 2. The summed E-state index contributed by atoms with van der Waals surface area (Å²) in [6.07, 6.45) is 0. The van der Waals surface area contributed by atoms with E-state index in [1.54, 1.807) is 0 Å². The Hall–Kier alpha value is 0.610. The van der Waals surface area contributed by atoms with Gasteiger partial charge in [-0.2, -0.15) is 16.0 Å². The molecule has 4 heteroatoms. The minimum atomic E-state index is 0. The molecule has 10 heavy (non-hydrogen) atoms. The number of nitrogens with one attached hydrogen (secondary N) is 3. The minimum Gasteiger partial charge on any atom is -1.00 e. The van der Waals surface area contributed by atoms with Crippen LogP contribution >= 0.6 is 0 Å². The Morgan fingerprint density at radius 2 is 1.30 bits per heavy atom. The van der Waals surface area contributed by atoms with E-state index in [9.17, 15) is 0 Å². The largest absolute Gasteiger partial charge is 1.00 e. The van der Waals surface area contributed by atoms with Gasteiger partial charge in [0.2, 0.25) is 0 Å². The second kappa shape index (κ2) is 5.29. The fourth-order valence-electron chi connectivity index (χ4n) is 0.875. The van der Waals surface area contributed by atoms with E-state index in [1.165, 1.54) is 5.12 Å². The van der Waals surface area contributed by atoms with Gasteiger partial charge >= 0.3 is 0 Å². The van der Waals surface area contributed by atoms with Gasteiger partial charge in [0.1, 0.15) is 5.54 Å². The van der Waals surface area contributed by atoms with Gasteiger partial charge < -0.3 is 24.0 Å². The molecule has 3 N–H and O–H groups in total. The van der Waals surface area contributed by atoms with E-state index in [0.29, 0.717) is 0 Å². The summed E-state index contributed by atoms with van der Waals surface area (Å²) in [5.74, 6) is 0. The Morgan fingerprint density at radius 1 is 1.00 bits per heavy atom. The maximum Gasteiger partial charge on any atom is 0.125 e. The molecule has 64 valence electrons. The zero-order chi connectivity index (χ0) is 7.49.